The highest BCUT2D eigenvalue weighted by Crippen LogP contribution is 2.21. The lowest BCUT2D eigenvalue weighted by Crippen LogP contribution is -2.01. The molecule has 0 aliphatic rings. The van der Waals surface area contributed by atoms with Crippen LogP contribution in [0.4, 0.5) is 0 Å². The van der Waals surface area contributed by atoms with Crippen LogP contribution in [0.2, 0.25) is 0 Å². The van der Waals surface area contributed by atoms with Gasteiger partial charge in [-0.05, 0) is 18.8 Å². The Bertz CT molecular complexity index is 115. The summed E-state index contributed by atoms with van der Waals surface area (Å²) in [5, 5.41) is 17.4. The van der Waals surface area contributed by atoms with Crippen LogP contribution in [0.5, 0.6) is 0 Å². The van der Waals surface area contributed by atoms with Gasteiger partial charge in [-0.3, -0.25) is 0 Å². The summed E-state index contributed by atoms with van der Waals surface area (Å²) in [6.45, 7) is 2.92. The van der Waals surface area contributed by atoms with Gasteiger partial charge < -0.3 is 10.2 Å². The summed E-state index contributed by atoms with van der Waals surface area (Å²) in [6.07, 6.45) is 10.7. The van der Waals surface area contributed by atoms with Crippen molar-refractivity contribution in [2.45, 2.75) is 64.7 Å². The first-order valence-corrected chi connectivity index (χ1v) is 6.56. The minimum atomic E-state index is 0.336. The summed E-state index contributed by atoms with van der Waals surface area (Å²) in [7, 11) is 0. The zero-order valence-electron chi connectivity index (χ0n) is 10.2. The third kappa shape index (κ3) is 10.2. The normalized spacial score (nSPS) is 13.0. The maximum atomic E-state index is 8.73. The number of rotatable bonds is 11. The third-order valence-electron chi connectivity index (χ3n) is 2.99. The van der Waals surface area contributed by atoms with Crippen molar-refractivity contribution in [3.05, 3.63) is 0 Å². The molecule has 0 bridgehead atoms. The Morgan fingerprint density at radius 2 is 1.27 bits per heavy atom. The van der Waals surface area contributed by atoms with Crippen molar-refractivity contribution in [1.82, 2.24) is 0 Å². The fraction of sp³-hybridized carbons (Fsp3) is 1.00. The molecule has 15 heavy (non-hydrogen) atoms. The minimum Gasteiger partial charge on any atom is -0.396 e. The molecule has 0 amide bonds. The van der Waals surface area contributed by atoms with Crippen molar-refractivity contribution in [3.63, 3.8) is 0 Å². The summed E-state index contributed by atoms with van der Waals surface area (Å²) in [4.78, 5) is 0. The van der Waals surface area contributed by atoms with Gasteiger partial charge in [0.1, 0.15) is 0 Å². The zero-order chi connectivity index (χ0) is 11.4. The summed E-state index contributed by atoms with van der Waals surface area (Å²) in [5.74, 6) is 0.847. The molecule has 0 rings (SSSR count). The predicted molar refractivity (Wildman–Crippen MR) is 64.9 cm³/mol. The van der Waals surface area contributed by atoms with Crippen LogP contribution in [0.1, 0.15) is 64.7 Å². The molecule has 1 unspecified atom stereocenters. The van der Waals surface area contributed by atoms with E-state index in [1.165, 1.54) is 38.5 Å². The van der Waals surface area contributed by atoms with E-state index in [9.17, 15) is 0 Å². The predicted octanol–water partition coefficient (Wildman–Crippen LogP) is 3.12. The molecule has 0 aromatic carbocycles. The molecule has 2 heteroatoms. The molecule has 0 radical (unpaired) electrons. The van der Waals surface area contributed by atoms with Crippen LogP contribution in [-0.4, -0.2) is 23.4 Å². The molecular weight excluding hydrogens is 188 g/mol. The van der Waals surface area contributed by atoms with E-state index in [1.54, 1.807) is 0 Å². The molecule has 2 N–H and O–H groups in total. The fourth-order valence-corrected chi connectivity index (χ4v) is 2.11. The molecule has 0 saturated heterocycles. The van der Waals surface area contributed by atoms with Crippen LogP contribution in [-0.2, 0) is 0 Å². The van der Waals surface area contributed by atoms with E-state index in [1.807, 2.05) is 0 Å². The monoisotopic (exact) mass is 216 g/mol. The van der Waals surface area contributed by atoms with Gasteiger partial charge in [-0.25, -0.2) is 0 Å². The lowest BCUT2D eigenvalue weighted by atomic mass is 9.91. The Morgan fingerprint density at radius 3 is 1.80 bits per heavy atom. The van der Waals surface area contributed by atoms with E-state index >= 15 is 0 Å². The molecule has 0 aromatic heterocycles. The lowest BCUT2D eigenvalue weighted by Gasteiger charge is -2.15. The van der Waals surface area contributed by atoms with Crippen molar-refractivity contribution < 1.29 is 10.2 Å². The summed E-state index contributed by atoms with van der Waals surface area (Å²) in [6, 6.07) is 0. The number of aliphatic hydroxyl groups is 2. The quantitative estimate of drug-likeness (QED) is 0.521. The van der Waals surface area contributed by atoms with Gasteiger partial charge in [0.2, 0.25) is 0 Å². The van der Waals surface area contributed by atoms with Gasteiger partial charge in [0, 0.05) is 13.2 Å². The third-order valence-corrected chi connectivity index (χ3v) is 2.99. The summed E-state index contributed by atoms with van der Waals surface area (Å²) in [5.41, 5.74) is 0. The molecular formula is C13H28O2. The Morgan fingerprint density at radius 1 is 0.733 bits per heavy atom. The van der Waals surface area contributed by atoms with E-state index < -0.39 is 0 Å². The van der Waals surface area contributed by atoms with Crippen LogP contribution in [0.3, 0.4) is 0 Å². The largest absolute Gasteiger partial charge is 0.396 e. The van der Waals surface area contributed by atoms with Gasteiger partial charge >= 0.3 is 0 Å². The van der Waals surface area contributed by atoms with Crippen LogP contribution in [0.15, 0.2) is 0 Å². The molecule has 0 aliphatic heterocycles. The highest BCUT2D eigenvalue weighted by atomic mass is 16.3. The molecule has 0 fully saturated rings. The van der Waals surface area contributed by atoms with Crippen molar-refractivity contribution >= 4 is 0 Å². The van der Waals surface area contributed by atoms with Crippen LogP contribution >= 0.6 is 0 Å². The number of hydrogen-bond donors (Lipinski definition) is 2. The molecule has 0 aromatic rings. The first kappa shape index (κ1) is 14.9. The van der Waals surface area contributed by atoms with Crippen molar-refractivity contribution in [3.8, 4) is 0 Å². The molecule has 0 saturated carbocycles. The van der Waals surface area contributed by atoms with E-state index in [0.717, 1.165) is 25.2 Å². The molecule has 0 spiro atoms. The van der Waals surface area contributed by atoms with E-state index in [0.29, 0.717) is 13.2 Å². The second-order valence-electron chi connectivity index (χ2n) is 4.45. The van der Waals surface area contributed by atoms with E-state index in [2.05, 4.69) is 6.92 Å². The second-order valence-corrected chi connectivity index (χ2v) is 4.45. The second kappa shape index (κ2) is 12.0. The van der Waals surface area contributed by atoms with Gasteiger partial charge in [0.15, 0.2) is 0 Å². The average Bonchev–Trinajstić information content (AvgIpc) is 2.24. The lowest BCUT2D eigenvalue weighted by molar-refractivity contribution is 0.268. The Hall–Kier alpha value is -0.0800. The Kier molecular flexibility index (Phi) is 11.9. The summed E-state index contributed by atoms with van der Waals surface area (Å²) < 4.78 is 0. The smallest absolute Gasteiger partial charge is 0.0431 e. The molecule has 0 heterocycles. The number of aliphatic hydroxyl groups excluding tert-OH is 2. The number of hydrogen-bond acceptors (Lipinski definition) is 2. The van der Waals surface area contributed by atoms with Gasteiger partial charge in [0.25, 0.3) is 0 Å². The first-order chi connectivity index (χ1) is 7.35. The van der Waals surface area contributed by atoms with E-state index in [-0.39, 0.29) is 0 Å². The Balaban J connectivity index is 3.44. The first-order valence-electron chi connectivity index (χ1n) is 6.56. The SMILES string of the molecule is CCCC(CCCCO)CCCCCO. The molecule has 1 atom stereocenters. The van der Waals surface area contributed by atoms with Crippen molar-refractivity contribution in [2.24, 2.45) is 5.92 Å². The Labute approximate surface area is 94.7 Å². The van der Waals surface area contributed by atoms with Crippen LogP contribution < -0.4 is 0 Å². The fourth-order valence-electron chi connectivity index (χ4n) is 2.11. The van der Waals surface area contributed by atoms with Gasteiger partial charge in [0.05, 0.1) is 0 Å². The van der Waals surface area contributed by atoms with E-state index in [4.69, 9.17) is 10.2 Å². The standard InChI is InChI=1S/C13H28O2/c1-2-8-13(10-5-7-12-15)9-4-3-6-11-14/h13-15H,2-12H2,1H3. The molecule has 92 valence electrons. The topological polar surface area (TPSA) is 40.5 Å². The zero-order valence-corrected chi connectivity index (χ0v) is 10.2. The average molecular weight is 216 g/mol. The number of unbranched alkanes of at least 4 members (excludes halogenated alkanes) is 3. The van der Waals surface area contributed by atoms with Crippen molar-refractivity contribution in [1.29, 1.82) is 0 Å². The summed E-state index contributed by atoms with van der Waals surface area (Å²) >= 11 is 0. The highest BCUT2D eigenvalue weighted by molar-refractivity contribution is 4.60. The van der Waals surface area contributed by atoms with Gasteiger partial charge in [-0.2, -0.15) is 0 Å². The molecule has 0 aliphatic carbocycles. The minimum absolute atomic E-state index is 0.336. The molecule has 2 nitrogen and oxygen atoms in total. The van der Waals surface area contributed by atoms with Crippen LogP contribution in [0.25, 0.3) is 0 Å². The van der Waals surface area contributed by atoms with Crippen LogP contribution in [0, 0.1) is 5.92 Å². The maximum absolute atomic E-state index is 8.73. The maximum Gasteiger partial charge on any atom is 0.0431 e. The van der Waals surface area contributed by atoms with Gasteiger partial charge in [-0.15, -0.1) is 0 Å². The van der Waals surface area contributed by atoms with Crippen molar-refractivity contribution in [2.75, 3.05) is 13.2 Å². The highest BCUT2D eigenvalue weighted by Gasteiger charge is 2.06. The van der Waals surface area contributed by atoms with Gasteiger partial charge in [-0.1, -0.05) is 51.9 Å².